The maximum absolute atomic E-state index is 11.5. The van der Waals surface area contributed by atoms with Crippen LogP contribution in [0, 0.1) is 13.8 Å². The molecule has 0 unspecified atom stereocenters. The molecule has 0 aliphatic rings. The molecule has 0 aliphatic carbocycles. The number of ketones is 1. The van der Waals surface area contributed by atoms with Crippen molar-refractivity contribution in [3.05, 3.63) is 22.8 Å². The number of aromatic nitrogens is 4. The summed E-state index contributed by atoms with van der Waals surface area (Å²) in [5.41, 5.74) is 2.16. The summed E-state index contributed by atoms with van der Waals surface area (Å²) >= 11 is 0. The van der Waals surface area contributed by atoms with E-state index in [1.54, 1.807) is 11.4 Å². The second kappa shape index (κ2) is 3.66. The molecule has 84 valence electrons. The van der Waals surface area contributed by atoms with E-state index in [1.165, 1.54) is 0 Å². The van der Waals surface area contributed by atoms with Gasteiger partial charge in [-0.2, -0.15) is 4.98 Å². The van der Waals surface area contributed by atoms with Crippen LogP contribution < -0.4 is 0 Å². The van der Waals surface area contributed by atoms with Crippen LogP contribution in [0.1, 0.15) is 41.4 Å². The molecule has 0 spiro atoms. The van der Waals surface area contributed by atoms with Gasteiger partial charge in [0, 0.05) is 6.42 Å². The summed E-state index contributed by atoms with van der Waals surface area (Å²) in [6.45, 7) is 7.22. The van der Waals surface area contributed by atoms with Gasteiger partial charge in [-0.15, -0.1) is 5.10 Å². The summed E-state index contributed by atoms with van der Waals surface area (Å²) in [7, 11) is 0. The molecule has 2 heterocycles. The van der Waals surface area contributed by atoms with Crippen molar-refractivity contribution in [3.63, 3.8) is 0 Å². The Morgan fingerprint density at radius 1 is 1.31 bits per heavy atom. The summed E-state index contributed by atoms with van der Waals surface area (Å²) in [5, 5.41) is 4.31. The Morgan fingerprint density at radius 3 is 2.56 bits per heavy atom. The maximum atomic E-state index is 11.5. The van der Waals surface area contributed by atoms with E-state index < -0.39 is 0 Å². The number of hydrogen-bond donors (Lipinski definition) is 0. The average molecular weight is 218 g/mol. The van der Waals surface area contributed by atoms with E-state index in [1.807, 2.05) is 20.8 Å². The van der Waals surface area contributed by atoms with Crippen LogP contribution in [-0.4, -0.2) is 25.4 Å². The van der Waals surface area contributed by atoms with Gasteiger partial charge in [0.2, 0.25) is 0 Å². The van der Waals surface area contributed by atoms with Crippen LogP contribution in [0.5, 0.6) is 0 Å². The topological polar surface area (TPSA) is 60.2 Å². The largest absolute Gasteiger partial charge is 0.294 e. The molecular formula is C11H14N4O. The van der Waals surface area contributed by atoms with Crippen LogP contribution in [0.2, 0.25) is 0 Å². The first kappa shape index (κ1) is 10.7. The van der Waals surface area contributed by atoms with Gasteiger partial charge in [0.1, 0.15) is 0 Å². The van der Waals surface area contributed by atoms with E-state index in [0.29, 0.717) is 17.0 Å². The number of rotatable bonds is 2. The van der Waals surface area contributed by atoms with Crippen molar-refractivity contribution < 1.29 is 4.79 Å². The molecule has 2 aromatic heterocycles. The number of Topliss-reactive ketones (excluding diaryl/α,β-unsaturated/α-hetero) is 1. The zero-order chi connectivity index (χ0) is 11.9. The standard InChI is InChI=1S/C11H14N4O/c1-5-9-13-11-12-6(2)10(8(4)16)7(3)15(11)14-9/h5H2,1-4H3. The third-order valence-corrected chi connectivity index (χ3v) is 2.61. The SMILES string of the molecule is CCc1nc2nc(C)c(C(C)=O)c(C)n2n1. The highest BCUT2D eigenvalue weighted by molar-refractivity contribution is 5.96. The van der Waals surface area contributed by atoms with Gasteiger partial charge in [-0.1, -0.05) is 6.92 Å². The van der Waals surface area contributed by atoms with E-state index >= 15 is 0 Å². The molecule has 0 aliphatic heterocycles. The minimum Gasteiger partial charge on any atom is -0.294 e. The van der Waals surface area contributed by atoms with Gasteiger partial charge in [-0.3, -0.25) is 4.79 Å². The average Bonchev–Trinajstić information content (AvgIpc) is 2.60. The van der Waals surface area contributed by atoms with Crippen molar-refractivity contribution in [1.29, 1.82) is 0 Å². The minimum atomic E-state index is 0.0120. The lowest BCUT2D eigenvalue weighted by molar-refractivity contribution is 0.101. The van der Waals surface area contributed by atoms with Crippen LogP contribution in [0.25, 0.3) is 5.78 Å². The lowest BCUT2D eigenvalue weighted by atomic mass is 10.1. The Labute approximate surface area is 93.5 Å². The monoisotopic (exact) mass is 218 g/mol. The normalized spacial score (nSPS) is 11.0. The third-order valence-electron chi connectivity index (χ3n) is 2.61. The molecule has 0 bridgehead atoms. The lowest BCUT2D eigenvalue weighted by Gasteiger charge is -2.06. The molecule has 16 heavy (non-hydrogen) atoms. The van der Waals surface area contributed by atoms with Gasteiger partial charge in [0.05, 0.1) is 17.0 Å². The van der Waals surface area contributed by atoms with Gasteiger partial charge < -0.3 is 0 Å². The van der Waals surface area contributed by atoms with Crippen molar-refractivity contribution in [2.75, 3.05) is 0 Å². The molecule has 0 aromatic carbocycles. The molecule has 0 atom stereocenters. The molecule has 5 nitrogen and oxygen atoms in total. The first-order valence-corrected chi connectivity index (χ1v) is 5.28. The number of nitrogens with zero attached hydrogens (tertiary/aromatic N) is 4. The fourth-order valence-electron chi connectivity index (χ4n) is 1.88. The fourth-order valence-corrected chi connectivity index (χ4v) is 1.88. The molecule has 0 saturated heterocycles. The Balaban J connectivity index is 2.81. The quantitative estimate of drug-likeness (QED) is 0.717. The van der Waals surface area contributed by atoms with Crippen LogP contribution in [0.3, 0.4) is 0 Å². The van der Waals surface area contributed by atoms with Crippen LogP contribution >= 0.6 is 0 Å². The van der Waals surface area contributed by atoms with E-state index in [4.69, 9.17) is 0 Å². The minimum absolute atomic E-state index is 0.0120. The molecule has 2 rings (SSSR count). The van der Waals surface area contributed by atoms with Crippen molar-refractivity contribution in [2.45, 2.75) is 34.1 Å². The van der Waals surface area contributed by atoms with Gasteiger partial charge >= 0.3 is 0 Å². The maximum Gasteiger partial charge on any atom is 0.252 e. The summed E-state index contributed by atoms with van der Waals surface area (Å²) in [5.74, 6) is 1.32. The van der Waals surface area contributed by atoms with Crippen LogP contribution in [-0.2, 0) is 6.42 Å². The second-order valence-corrected chi connectivity index (χ2v) is 3.81. The lowest BCUT2D eigenvalue weighted by Crippen LogP contribution is -2.09. The Kier molecular flexibility index (Phi) is 2.46. The van der Waals surface area contributed by atoms with E-state index in [9.17, 15) is 4.79 Å². The summed E-state index contributed by atoms with van der Waals surface area (Å²) < 4.78 is 1.64. The summed E-state index contributed by atoms with van der Waals surface area (Å²) in [6.07, 6.45) is 0.761. The zero-order valence-electron chi connectivity index (χ0n) is 9.90. The number of hydrogen-bond acceptors (Lipinski definition) is 4. The Bertz CT molecular complexity index is 571. The Morgan fingerprint density at radius 2 is 2.00 bits per heavy atom. The molecule has 2 aromatic rings. The molecule has 0 saturated carbocycles. The highest BCUT2D eigenvalue weighted by Crippen LogP contribution is 2.14. The van der Waals surface area contributed by atoms with Crippen molar-refractivity contribution in [2.24, 2.45) is 0 Å². The first-order chi connectivity index (χ1) is 7.54. The molecule has 0 fully saturated rings. The summed E-state index contributed by atoms with van der Waals surface area (Å²) in [4.78, 5) is 20.1. The number of carbonyl (C=O) groups excluding carboxylic acids is 1. The Hall–Kier alpha value is -1.78. The van der Waals surface area contributed by atoms with E-state index in [-0.39, 0.29) is 5.78 Å². The molecule has 5 heteroatoms. The molecule has 0 amide bonds. The summed E-state index contributed by atoms with van der Waals surface area (Å²) in [6, 6.07) is 0. The van der Waals surface area contributed by atoms with E-state index in [0.717, 1.165) is 17.9 Å². The molecular weight excluding hydrogens is 204 g/mol. The highest BCUT2D eigenvalue weighted by atomic mass is 16.1. The second-order valence-electron chi connectivity index (χ2n) is 3.81. The first-order valence-electron chi connectivity index (χ1n) is 5.28. The highest BCUT2D eigenvalue weighted by Gasteiger charge is 2.15. The molecule has 0 N–H and O–H groups in total. The van der Waals surface area contributed by atoms with Crippen LogP contribution in [0.4, 0.5) is 0 Å². The predicted molar refractivity (Wildman–Crippen MR) is 59.6 cm³/mol. The third kappa shape index (κ3) is 1.48. The van der Waals surface area contributed by atoms with Gasteiger partial charge in [-0.25, -0.2) is 9.50 Å². The smallest absolute Gasteiger partial charge is 0.252 e. The van der Waals surface area contributed by atoms with Crippen molar-refractivity contribution >= 4 is 11.6 Å². The van der Waals surface area contributed by atoms with Crippen LogP contribution in [0.15, 0.2) is 0 Å². The zero-order valence-corrected chi connectivity index (χ0v) is 9.90. The van der Waals surface area contributed by atoms with E-state index in [2.05, 4.69) is 15.1 Å². The fraction of sp³-hybridized carbons (Fsp3) is 0.455. The number of aryl methyl sites for hydroxylation is 3. The van der Waals surface area contributed by atoms with Gasteiger partial charge in [0.15, 0.2) is 11.6 Å². The van der Waals surface area contributed by atoms with Gasteiger partial charge in [-0.05, 0) is 20.8 Å². The van der Waals surface area contributed by atoms with Gasteiger partial charge in [0.25, 0.3) is 5.78 Å². The number of carbonyl (C=O) groups is 1. The van der Waals surface area contributed by atoms with Crippen molar-refractivity contribution in [1.82, 2.24) is 19.6 Å². The van der Waals surface area contributed by atoms with Crippen molar-refractivity contribution in [3.8, 4) is 0 Å². The molecule has 0 radical (unpaired) electrons. The predicted octanol–water partition coefficient (Wildman–Crippen LogP) is 1.51. The number of fused-ring (bicyclic) bond motifs is 1.